The van der Waals surface area contributed by atoms with E-state index in [1.807, 2.05) is 0 Å². The third-order valence-corrected chi connectivity index (χ3v) is 3.15. The number of nitrogens with one attached hydrogen (secondary N) is 1. The Morgan fingerprint density at radius 3 is 2.57 bits per heavy atom. The van der Waals surface area contributed by atoms with Crippen LogP contribution in [0.2, 0.25) is 5.02 Å². The van der Waals surface area contributed by atoms with E-state index < -0.39 is 6.10 Å². The van der Waals surface area contributed by atoms with Crippen LogP contribution in [0.1, 0.15) is 25.5 Å². The molecule has 0 aliphatic carbocycles. The molecule has 0 spiro atoms. The molecular formula is C16H16ClNO3. The van der Waals surface area contributed by atoms with Crippen LogP contribution in [0.5, 0.6) is 11.5 Å². The average molecular weight is 306 g/mol. The lowest BCUT2D eigenvalue weighted by atomic mass is 10.1. The smallest absolute Gasteiger partial charge is 0.221 e. The number of aliphatic hydroxyl groups is 1. The summed E-state index contributed by atoms with van der Waals surface area (Å²) in [5, 5.41) is 12.6. The van der Waals surface area contributed by atoms with E-state index in [2.05, 4.69) is 5.32 Å². The fourth-order valence-corrected chi connectivity index (χ4v) is 2.05. The van der Waals surface area contributed by atoms with Crippen LogP contribution in [0.4, 0.5) is 5.69 Å². The molecule has 2 N–H and O–H groups in total. The number of para-hydroxylation sites is 2. The van der Waals surface area contributed by atoms with Gasteiger partial charge in [-0.2, -0.15) is 0 Å². The van der Waals surface area contributed by atoms with Gasteiger partial charge in [0.25, 0.3) is 0 Å². The molecule has 0 bridgehead atoms. The third kappa shape index (κ3) is 3.97. The van der Waals surface area contributed by atoms with Gasteiger partial charge >= 0.3 is 0 Å². The lowest BCUT2D eigenvalue weighted by Crippen LogP contribution is -2.06. The number of carbonyl (C=O) groups excluding carboxylic acids is 1. The fraction of sp³-hybridized carbons (Fsp3) is 0.188. The number of aliphatic hydroxyl groups excluding tert-OH is 1. The van der Waals surface area contributed by atoms with Gasteiger partial charge in [-0.25, -0.2) is 0 Å². The fourth-order valence-electron chi connectivity index (χ4n) is 1.83. The quantitative estimate of drug-likeness (QED) is 0.892. The molecule has 21 heavy (non-hydrogen) atoms. The predicted molar refractivity (Wildman–Crippen MR) is 82.9 cm³/mol. The molecule has 0 aliphatic rings. The van der Waals surface area contributed by atoms with Gasteiger partial charge in [-0.1, -0.05) is 29.8 Å². The number of hydrogen-bond acceptors (Lipinski definition) is 3. The summed E-state index contributed by atoms with van der Waals surface area (Å²) in [7, 11) is 0. The molecule has 0 radical (unpaired) electrons. The summed E-state index contributed by atoms with van der Waals surface area (Å²) in [6, 6.07) is 12.2. The number of benzene rings is 2. The van der Waals surface area contributed by atoms with E-state index in [9.17, 15) is 9.90 Å². The molecule has 2 aromatic rings. The van der Waals surface area contributed by atoms with Crippen LogP contribution in [-0.2, 0) is 4.79 Å². The first kappa shape index (κ1) is 15.4. The van der Waals surface area contributed by atoms with Crippen molar-refractivity contribution in [2.75, 3.05) is 5.32 Å². The summed E-state index contributed by atoms with van der Waals surface area (Å²) in [6.45, 7) is 3.10. The van der Waals surface area contributed by atoms with Gasteiger partial charge in [0.05, 0.1) is 16.8 Å². The minimum absolute atomic E-state index is 0.179. The summed E-state index contributed by atoms with van der Waals surface area (Å²) in [6.07, 6.45) is -0.594. The largest absolute Gasteiger partial charge is 0.454 e. The first-order valence-electron chi connectivity index (χ1n) is 6.49. The van der Waals surface area contributed by atoms with Gasteiger partial charge in [0, 0.05) is 6.92 Å². The molecule has 5 heteroatoms. The Bertz CT molecular complexity index is 656. The molecule has 1 unspecified atom stereocenters. The molecule has 2 aromatic carbocycles. The Hall–Kier alpha value is -2.04. The van der Waals surface area contributed by atoms with Crippen LogP contribution in [-0.4, -0.2) is 11.0 Å². The van der Waals surface area contributed by atoms with Crippen molar-refractivity contribution in [3.8, 4) is 11.5 Å². The molecule has 0 heterocycles. The van der Waals surface area contributed by atoms with E-state index in [0.29, 0.717) is 27.8 Å². The minimum Gasteiger partial charge on any atom is -0.454 e. The standard InChI is InChI=1S/C16H16ClNO3/c1-10(19)12-7-8-15(13(17)9-12)21-16-6-4-3-5-14(16)18-11(2)20/h3-10,19H,1-2H3,(H,18,20). The van der Waals surface area contributed by atoms with Gasteiger partial charge in [-0.3, -0.25) is 4.79 Å². The SMILES string of the molecule is CC(=O)Nc1ccccc1Oc1ccc(C(C)O)cc1Cl. The summed E-state index contributed by atoms with van der Waals surface area (Å²) in [4.78, 5) is 11.2. The Morgan fingerprint density at radius 2 is 1.95 bits per heavy atom. The normalized spacial score (nSPS) is 11.8. The van der Waals surface area contributed by atoms with Crippen molar-refractivity contribution in [2.24, 2.45) is 0 Å². The van der Waals surface area contributed by atoms with Crippen LogP contribution in [0.3, 0.4) is 0 Å². The molecule has 1 amide bonds. The topological polar surface area (TPSA) is 58.6 Å². The number of anilines is 1. The Kier molecular flexibility index (Phi) is 4.83. The van der Waals surface area contributed by atoms with Gasteiger partial charge < -0.3 is 15.2 Å². The summed E-state index contributed by atoms with van der Waals surface area (Å²) in [5.41, 5.74) is 1.28. The number of hydrogen-bond donors (Lipinski definition) is 2. The number of ether oxygens (including phenoxy) is 1. The highest BCUT2D eigenvalue weighted by molar-refractivity contribution is 6.32. The van der Waals surface area contributed by atoms with Crippen molar-refractivity contribution < 1.29 is 14.6 Å². The summed E-state index contributed by atoms with van der Waals surface area (Å²) < 4.78 is 5.75. The maximum Gasteiger partial charge on any atom is 0.221 e. The van der Waals surface area contributed by atoms with Crippen molar-refractivity contribution in [3.63, 3.8) is 0 Å². The van der Waals surface area contributed by atoms with Crippen molar-refractivity contribution in [1.82, 2.24) is 0 Å². The van der Waals surface area contributed by atoms with Crippen molar-refractivity contribution in [3.05, 3.63) is 53.1 Å². The highest BCUT2D eigenvalue weighted by Gasteiger charge is 2.10. The van der Waals surface area contributed by atoms with Gasteiger partial charge in [0.2, 0.25) is 5.91 Å². The summed E-state index contributed by atoms with van der Waals surface area (Å²) >= 11 is 6.16. The predicted octanol–water partition coefficient (Wildman–Crippen LogP) is 4.14. The van der Waals surface area contributed by atoms with Crippen LogP contribution in [0, 0.1) is 0 Å². The molecule has 0 aliphatic heterocycles. The zero-order valence-electron chi connectivity index (χ0n) is 11.8. The van der Waals surface area contributed by atoms with E-state index >= 15 is 0 Å². The van der Waals surface area contributed by atoms with Crippen LogP contribution >= 0.6 is 11.6 Å². The Balaban J connectivity index is 2.28. The van der Waals surface area contributed by atoms with Crippen LogP contribution < -0.4 is 10.1 Å². The molecular weight excluding hydrogens is 290 g/mol. The van der Waals surface area contributed by atoms with E-state index in [1.165, 1.54) is 6.92 Å². The highest BCUT2D eigenvalue weighted by Crippen LogP contribution is 2.34. The van der Waals surface area contributed by atoms with Gasteiger partial charge in [-0.15, -0.1) is 0 Å². The molecule has 0 saturated heterocycles. The lowest BCUT2D eigenvalue weighted by molar-refractivity contribution is -0.114. The van der Waals surface area contributed by atoms with Gasteiger partial charge in [-0.05, 0) is 36.8 Å². The van der Waals surface area contributed by atoms with E-state index in [1.54, 1.807) is 49.4 Å². The molecule has 4 nitrogen and oxygen atoms in total. The maximum atomic E-state index is 11.2. The number of amides is 1. The molecule has 0 saturated carbocycles. The van der Waals surface area contributed by atoms with Crippen LogP contribution in [0.25, 0.3) is 0 Å². The van der Waals surface area contributed by atoms with Crippen molar-refractivity contribution in [1.29, 1.82) is 0 Å². The molecule has 2 rings (SSSR count). The third-order valence-electron chi connectivity index (χ3n) is 2.86. The van der Waals surface area contributed by atoms with Gasteiger partial charge in [0.1, 0.15) is 5.75 Å². The lowest BCUT2D eigenvalue weighted by Gasteiger charge is -2.13. The van der Waals surface area contributed by atoms with Gasteiger partial charge in [0.15, 0.2) is 5.75 Å². The molecule has 0 fully saturated rings. The zero-order valence-corrected chi connectivity index (χ0v) is 12.5. The zero-order chi connectivity index (χ0) is 15.4. The second kappa shape index (κ2) is 6.61. The second-order valence-corrected chi connectivity index (χ2v) is 5.05. The monoisotopic (exact) mass is 305 g/mol. The van der Waals surface area contributed by atoms with Crippen molar-refractivity contribution >= 4 is 23.2 Å². The first-order chi connectivity index (χ1) is 9.97. The van der Waals surface area contributed by atoms with E-state index in [0.717, 1.165) is 0 Å². The first-order valence-corrected chi connectivity index (χ1v) is 6.87. The Labute approximate surface area is 128 Å². The average Bonchev–Trinajstić information content (AvgIpc) is 2.42. The summed E-state index contributed by atoms with van der Waals surface area (Å²) in [5.74, 6) is 0.778. The van der Waals surface area contributed by atoms with E-state index in [4.69, 9.17) is 16.3 Å². The Morgan fingerprint density at radius 1 is 1.24 bits per heavy atom. The molecule has 110 valence electrons. The highest BCUT2D eigenvalue weighted by atomic mass is 35.5. The number of rotatable bonds is 4. The number of halogens is 1. The minimum atomic E-state index is -0.594. The maximum absolute atomic E-state index is 11.2. The second-order valence-electron chi connectivity index (χ2n) is 4.65. The van der Waals surface area contributed by atoms with Crippen LogP contribution in [0.15, 0.2) is 42.5 Å². The van der Waals surface area contributed by atoms with E-state index in [-0.39, 0.29) is 5.91 Å². The molecule has 0 aromatic heterocycles. The molecule has 1 atom stereocenters. The van der Waals surface area contributed by atoms with Crippen molar-refractivity contribution in [2.45, 2.75) is 20.0 Å². The number of carbonyl (C=O) groups is 1.